The molecule has 0 bridgehead atoms. The lowest BCUT2D eigenvalue weighted by molar-refractivity contribution is -0.126. The fraction of sp³-hybridized carbons (Fsp3) is 0.533. The zero-order valence-corrected chi connectivity index (χ0v) is 13.0. The van der Waals surface area contributed by atoms with Crippen molar-refractivity contribution in [3.63, 3.8) is 0 Å². The van der Waals surface area contributed by atoms with Crippen molar-refractivity contribution >= 4 is 21.8 Å². The van der Waals surface area contributed by atoms with E-state index >= 15 is 0 Å². The summed E-state index contributed by atoms with van der Waals surface area (Å²) in [4.78, 5) is 12.3. The summed E-state index contributed by atoms with van der Waals surface area (Å²) in [5.41, 5.74) is 6.71. The molecule has 4 heteroatoms. The molecular weight excluding hydrogens is 304 g/mol. The molecule has 1 aromatic carbocycles. The Balaban J connectivity index is 2.08. The first-order valence-corrected chi connectivity index (χ1v) is 7.53. The predicted molar refractivity (Wildman–Crippen MR) is 80.6 cm³/mol. The van der Waals surface area contributed by atoms with Gasteiger partial charge in [0.1, 0.15) is 0 Å². The average Bonchev–Trinajstić information content (AvgIpc) is 2.75. The van der Waals surface area contributed by atoms with Crippen molar-refractivity contribution in [2.75, 3.05) is 0 Å². The van der Waals surface area contributed by atoms with E-state index in [4.69, 9.17) is 5.73 Å². The fourth-order valence-corrected chi connectivity index (χ4v) is 2.92. The van der Waals surface area contributed by atoms with E-state index in [0.29, 0.717) is 0 Å². The Labute approximate surface area is 123 Å². The minimum absolute atomic E-state index is 0.0146. The lowest BCUT2D eigenvalue weighted by atomic mass is 9.92. The summed E-state index contributed by atoms with van der Waals surface area (Å²) in [6.45, 7) is 4.04. The van der Waals surface area contributed by atoms with Crippen LogP contribution < -0.4 is 11.1 Å². The summed E-state index contributed by atoms with van der Waals surface area (Å²) in [7, 11) is 0. The Morgan fingerprint density at radius 2 is 1.95 bits per heavy atom. The fourth-order valence-electron chi connectivity index (χ4n) is 2.65. The second-order valence-corrected chi connectivity index (χ2v) is 6.74. The van der Waals surface area contributed by atoms with Gasteiger partial charge in [-0.05, 0) is 44.4 Å². The Kier molecular flexibility index (Phi) is 4.31. The summed E-state index contributed by atoms with van der Waals surface area (Å²) in [6, 6.07) is 8.05. The van der Waals surface area contributed by atoms with E-state index in [1.807, 2.05) is 38.1 Å². The summed E-state index contributed by atoms with van der Waals surface area (Å²) < 4.78 is 1.04. The second-order valence-electron chi connectivity index (χ2n) is 5.82. The minimum Gasteiger partial charge on any atom is -0.347 e. The van der Waals surface area contributed by atoms with Crippen LogP contribution in [0.2, 0.25) is 0 Å². The largest absolute Gasteiger partial charge is 0.347 e. The number of benzene rings is 1. The highest BCUT2D eigenvalue weighted by Crippen LogP contribution is 2.27. The van der Waals surface area contributed by atoms with Gasteiger partial charge in [0.2, 0.25) is 5.91 Å². The molecular formula is C15H21BrN2O. The van der Waals surface area contributed by atoms with Crippen molar-refractivity contribution in [2.45, 2.75) is 44.7 Å². The molecule has 1 saturated carbocycles. The van der Waals surface area contributed by atoms with E-state index in [0.717, 1.165) is 29.3 Å². The van der Waals surface area contributed by atoms with Crippen LogP contribution in [-0.4, -0.2) is 11.9 Å². The van der Waals surface area contributed by atoms with Crippen molar-refractivity contribution in [3.8, 4) is 0 Å². The van der Waals surface area contributed by atoms with E-state index in [1.54, 1.807) is 0 Å². The zero-order chi connectivity index (χ0) is 14.0. The molecule has 1 aliphatic carbocycles. The second kappa shape index (κ2) is 5.63. The molecule has 0 aliphatic heterocycles. The lowest BCUT2D eigenvalue weighted by Gasteiger charge is -2.29. The van der Waals surface area contributed by atoms with Crippen LogP contribution >= 0.6 is 15.9 Å². The van der Waals surface area contributed by atoms with Gasteiger partial charge >= 0.3 is 0 Å². The number of carbonyl (C=O) groups excluding carboxylic acids is 1. The molecule has 0 spiro atoms. The van der Waals surface area contributed by atoms with Gasteiger partial charge in [0, 0.05) is 10.5 Å². The van der Waals surface area contributed by atoms with Crippen LogP contribution in [0.1, 0.15) is 38.7 Å². The van der Waals surface area contributed by atoms with E-state index in [1.165, 1.54) is 0 Å². The Morgan fingerprint density at radius 1 is 1.32 bits per heavy atom. The maximum Gasteiger partial charge on any atom is 0.225 e. The quantitative estimate of drug-likeness (QED) is 0.898. The first kappa shape index (κ1) is 14.5. The maximum absolute atomic E-state index is 12.3. The average molecular weight is 325 g/mol. The van der Waals surface area contributed by atoms with Gasteiger partial charge in [-0.15, -0.1) is 0 Å². The van der Waals surface area contributed by atoms with Gasteiger partial charge in [0.05, 0.1) is 11.5 Å². The molecule has 19 heavy (non-hydrogen) atoms. The van der Waals surface area contributed by atoms with Gasteiger partial charge in [-0.25, -0.2) is 0 Å². The molecule has 104 valence electrons. The predicted octanol–water partition coefficient (Wildman–Crippen LogP) is 2.93. The third-order valence-corrected chi connectivity index (χ3v) is 4.44. The van der Waals surface area contributed by atoms with E-state index in [9.17, 15) is 4.79 Å². The van der Waals surface area contributed by atoms with Crippen molar-refractivity contribution in [1.82, 2.24) is 5.32 Å². The standard InChI is InChI=1S/C15H21BrN2O/c1-15(2,10-6-8-11(16)9-7-10)18-14(19)12-4-3-5-13(12)17/h6-9,12-13H,3-5,17H2,1-2H3,(H,18,19). The number of rotatable bonds is 3. The number of hydrogen-bond acceptors (Lipinski definition) is 2. The summed E-state index contributed by atoms with van der Waals surface area (Å²) in [5, 5.41) is 3.13. The van der Waals surface area contributed by atoms with E-state index in [2.05, 4.69) is 21.2 Å². The number of nitrogens with one attached hydrogen (secondary N) is 1. The van der Waals surface area contributed by atoms with Crippen LogP contribution in [0.4, 0.5) is 0 Å². The van der Waals surface area contributed by atoms with Gasteiger partial charge in [-0.2, -0.15) is 0 Å². The van der Waals surface area contributed by atoms with Crippen LogP contribution in [-0.2, 0) is 10.3 Å². The minimum atomic E-state index is -0.375. The van der Waals surface area contributed by atoms with Gasteiger partial charge in [-0.1, -0.05) is 34.5 Å². The molecule has 3 N–H and O–H groups in total. The van der Waals surface area contributed by atoms with Gasteiger partial charge in [-0.3, -0.25) is 4.79 Å². The van der Waals surface area contributed by atoms with Crippen LogP contribution in [0.25, 0.3) is 0 Å². The highest BCUT2D eigenvalue weighted by molar-refractivity contribution is 9.10. The third kappa shape index (κ3) is 3.37. The van der Waals surface area contributed by atoms with Crippen molar-refractivity contribution < 1.29 is 4.79 Å². The molecule has 0 radical (unpaired) electrons. The zero-order valence-electron chi connectivity index (χ0n) is 11.4. The summed E-state index contributed by atoms with van der Waals surface area (Å²) in [5.74, 6) is 0.0487. The van der Waals surface area contributed by atoms with Crippen LogP contribution in [0.3, 0.4) is 0 Å². The molecule has 1 aromatic rings. The number of hydrogen-bond donors (Lipinski definition) is 2. The number of halogens is 1. The smallest absolute Gasteiger partial charge is 0.225 e. The molecule has 1 amide bonds. The number of carbonyl (C=O) groups is 1. The molecule has 2 rings (SSSR count). The number of nitrogens with two attached hydrogens (primary N) is 1. The summed E-state index contributed by atoms with van der Waals surface area (Å²) >= 11 is 3.42. The SMILES string of the molecule is CC(C)(NC(=O)C1CCCC1N)c1ccc(Br)cc1. The molecule has 1 aliphatic rings. The first-order chi connectivity index (χ1) is 8.90. The van der Waals surface area contributed by atoms with Crippen LogP contribution in [0, 0.1) is 5.92 Å². The highest BCUT2D eigenvalue weighted by atomic mass is 79.9. The molecule has 2 unspecified atom stereocenters. The summed E-state index contributed by atoms with van der Waals surface area (Å²) in [6.07, 6.45) is 2.91. The lowest BCUT2D eigenvalue weighted by Crippen LogP contribution is -2.47. The number of amides is 1. The molecule has 1 fully saturated rings. The molecule has 3 nitrogen and oxygen atoms in total. The Bertz CT molecular complexity index is 456. The maximum atomic E-state index is 12.3. The van der Waals surface area contributed by atoms with Gasteiger partial charge in [0.25, 0.3) is 0 Å². The van der Waals surface area contributed by atoms with Gasteiger partial charge in [0.15, 0.2) is 0 Å². The monoisotopic (exact) mass is 324 g/mol. The van der Waals surface area contributed by atoms with Crippen LogP contribution in [0.5, 0.6) is 0 Å². The highest BCUT2D eigenvalue weighted by Gasteiger charge is 2.33. The van der Waals surface area contributed by atoms with Gasteiger partial charge < -0.3 is 11.1 Å². The van der Waals surface area contributed by atoms with Crippen molar-refractivity contribution in [1.29, 1.82) is 0 Å². The normalized spacial score (nSPS) is 23.4. The van der Waals surface area contributed by atoms with E-state index in [-0.39, 0.29) is 23.4 Å². The first-order valence-electron chi connectivity index (χ1n) is 6.74. The van der Waals surface area contributed by atoms with E-state index < -0.39 is 0 Å². The Hall–Kier alpha value is -0.870. The Morgan fingerprint density at radius 3 is 2.47 bits per heavy atom. The topological polar surface area (TPSA) is 55.1 Å². The molecule has 0 saturated heterocycles. The molecule has 0 heterocycles. The molecule has 0 aromatic heterocycles. The van der Waals surface area contributed by atoms with Crippen LogP contribution in [0.15, 0.2) is 28.7 Å². The third-order valence-electron chi connectivity index (χ3n) is 3.91. The van der Waals surface area contributed by atoms with Crippen molar-refractivity contribution in [2.24, 2.45) is 11.7 Å². The molecule has 2 atom stereocenters. The van der Waals surface area contributed by atoms with Crippen molar-refractivity contribution in [3.05, 3.63) is 34.3 Å².